The van der Waals surface area contributed by atoms with Crippen molar-refractivity contribution < 1.29 is 13.9 Å². The van der Waals surface area contributed by atoms with Crippen molar-refractivity contribution in [2.75, 3.05) is 13.2 Å². The molecule has 0 aromatic carbocycles. The minimum absolute atomic E-state index is 0.116. The summed E-state index contributed by atoms with van der Waals surface area (Å²) in [6.45, 7) is 6.39. The summed E-state index contributed by atoms with van der Waals surface area (Å²) in [6, 6.07) is 0. The van der Waals surface area contributed by atoms with E-state index in [1.807, 2.05) is 4.90 Å². The minimum atomic E-state index is -0.237. The molecule has 3 heterocycles. The molecule has 0 N–H and O–H groups in total. The van der Waals surface area contributed by atoms with Gasteiger partial charge in [0, 0.05) is 26.0 Å². The zero-order valence-electron chi connectivity index (χ0n) is 12.9. The fourth-order valence-electron chi connectivity index (χ4n) is 2.94. The van der Waals surface area contributed by atoms with Gasteiger partial charge in [0.05, 0.1) is 6.54 Å². The van der Waals surface area contributed by atoms with Gasteiger partial charge in [-0.05, 0) is 25.2 Å². The summed E-state index contributed by atoms with van der Waals surface area (Å²) in [5, 5.41) is 0. The van der Waals surface area contributed by atoms with E-state index >= 15 is 0 Å². The van der Waals surface area contributed by atoms with Crippen molar-refractivity contribution in [3.63, 3.8) is 0 Å². The van der Waals surface area contributed by atoms with Crippen LogP contribution in [0.15, 0.2) is 4.42 Å². The number of aromatic nitrogens is 1. The second-order valence-corrected chi connectivity index (χ2v) is 6.42. The predicted octanol–water partition coefficient (Wildman–Crippen LogP) is 2.33. The summed E-state index contributed by atoms with van der Waals surface area (Å²) < 4.78 is 11.3. The average Bonchev–Trinajstić information content (AvgIpc) is 3.12. The number of fused-ring (bicyclic) bond motifs is 1. The van der Waals surface area contributed by atoms with Gasteiger partial charge >= 0.3 is 0 Å². The van der Waals surface area contributed by atoms with Crippen LogP contribution in [-0.2, 0) is 28.9 Å². The molecule has 1 unspecified atom stereocenters. The maximum atomic E-state index is 12.4. The number of nitrogens with zero attached hydrogens (tertiary/aromatic N) is 2. The van der Waals surface area contributed by atoms with E-state index in [0.29, 0.717) is 25.6 Å². The first kappa shape index (κ1) is 14.6. The largest absolute Gasteiger partial charge is 0.445 e. The van der Waals surface area contributed by atoms with Crippen molar-refractivity contribution in [1.29, 1.82) is 0 Å². The average molecular weight is 292 g/mol. The Kier molecular flexibility index (Phi) is 4.29. The van der Waals surface area contributed by atoms with Crippen LogP contribution in [0.3, 0.4) is 0 Å². The highest BCUT2D eigenvalue weighted by Crippen LogP contribution is 2.23. The second-order valence-electron chi connectivity index (χ2n) is 6.42. The van der Waals surface area contributed by atoms with Crippen molar-refractivity contribution in [3.05, 3.63) is 17.3 Å². The molecule has 5 heteroatoms. The van der Waals surface area contributed by atoms with E-state index in [-0.39, 0.29) is 12.0 Å². The predicted molar refractivity (Wildman–Crippen MR) is 77.8 cm³/mol. The van der Waals surface area contributed by atoms with Crippen LogP contribution in [0, 0.1) is 5.92 Å². The molecular weight excluding hydrogens is 268 g/mol. The molecule has 3 rings (SSSR count). The Hall–Kier alpha value is -1.36. The molecule has 1 fully saturated rings. The van der Waals surface area contributed by atoms with Crippen LogP contribution in [0.5, 0.6) is 0 Å². The van der Waals surface area contributed by atoms with E-state index < -0.39 is 0 Å². The monoisotopic (exact) mass is 292 g/mol. The van der Waals surface area contributed by atoms with Crippen molar-refractivity contribution in [2.24, 2.45) is 5.92 Å². The van der Waals surface area contributed by atoms with E-state index in [1.165, 1.54) is 0 Å². The van der Waals surface area contributed by atoms with Crippen LogP contribution in [0.25, 0.3) is 0 Å². The smallest absolute Gasteiger partial charge is 0.252 e. The van der Waals surface area contributed by atoms with E-state index in [4.69, 9.17) is 9.15 Å². The maximum Gasteiger partial charge on any atom is 0.252 e. The third-order valence-corrected chi connectivity index (χ3v) is 4.22. The molecule has 0 spiro atoms. The first-order valence-corrected chi connectivity index (χ1v) is 8.01. The number of hydrogen-bond donors (Lipinski definition) is 0. The van der Waals surface area contributed by atoms with Crippen molar-refractivity contribution in [2.45, 2.75) is 58.6 Å². The summed E-state index contributed by atoms with van der Waals surface area (Å²) in [5.41, 5.74) is 0.936. The third kappa shape index (κ3) is 3.28. The van der Waals surface area contributed by atoms with Crippen molar-refractivity contribution >= 4 is 5.91 Å². The highest BCUT2D eigenvalue weighted by molar-refractivity contribution is 5.81. The van der Waals surface area contributed by atoms with Crippen LogP contribution in [0.2, 0.25) is 0 Å². The molecule has 1 aromatic rings. The third-order valence-electron chi connectivity index (χ3n) is 4.22. The van der Waals surface area contributed by atoms with Crippen LogP contribution in [-0.4, -0.2) is 35.0 Å². The number of rotatable bonds is 4. The maximum absolute atomic E-state index is 12.4. The van der Waals surface area contributed by atoms with Gasteiger partial charge in [0.2, 0.25) is 0 Å². The van der Waals surface area contributed by atoms with Gasteiger partial charge in [-0.2, -0.15) is 0 Å². The van der Waals surface area contributed by atoms with Gasteiger partial charge in [-0.15, -0.1) is 0 Å². The van der Waals surface area contributed by atoms with Crippen LogP contribution < -0.4 is 0 Å². The molecule has 1 amide bonds. The molecule has 0 radical (unpaired) electrons. The molecule has 1 saturated heterocycles. The lowest BCUT2D eigenvalue weighted by Crippen LogP contribution is -2.41. The summed E-state index contributed by atoms with van der Waals surface area (Å²) in [5.74, 6) is 2.54. The zero-order chi connectivity index (χ0) is 14.8. The molecule has 0 saturated carbocycles. The summed E-state index contributed by atoms with van der Waals surface area (Å²) in [7, 11) is 0. The number of hydrogen-bond acceptors (Lipinski definition) is 4. The second kappa shape index (κ2) is 6.18. The summed E-state index contributed by atoms with van der Waals surface area (Å²) in [4.78, 5) is 18.8. The normalized spacial score (nSPS) is 21.9. The lowest BCUT2D eigenvalue weighted by Gasteiger charge is -2.27. The quantitative estimate of drug-likeness (QED) is 0.854. The molecule has 1 atom stereocenters. The molecule has 0 bridgehead atoms. The fraction of sp³-hybridized carbons (Fsp3) is 0.750. The molecule has 21 heavy (non-hydrogen) atoms. The standard InChI is InChI=1S/C16H24N2O3/c1-11(2)5-6-15-17-12-10-18(8-7-13(12)21-15)16(19)14-4-3-9-20-14/h11,14H,3-10H2,1-2H3. The van der Waals surface area contributed by atoms with Crippen LogP contribution in [0.1, 0.15) is 50.5 Å². The molecule has 0 aliphatic carbocycles. The summed E-state index contributed by atoms with van der Waals surface area (Å²) in [6.07, 6.45) is 4.32. The lowest BCUT2D eigenvalue weighted by molar-refractivity contribution is -0.142. The van der Waals surface area contributed by atoms with E-state index in [0.717, 1.165) is 49.4 Å². The summed E-state index contributed by atoms with van der Waals surface area (Å²) >= 11 is 0. The first-order chi connectivity index (χ1) is 10.1. The number of aryl methyl sites for hydroxylation is 1. The topological polar surface area (TPSA) is 55.6 Å². The Bertz CT molecular complexity index is 504. The SMILES string of the molecule is CC(C)CCc1nc2c(o1)CCN(C(=O)C1CCCO1)C2. The lowest BCUT2D eigenvalue weighted by atomic mass is 10.1. The van der Waals surface area contributed by atoms with Gasteiger partial charge in [0.1, 0.15) is 17.6 Å². The van der Waals surface area contributed by atoms with Gasteiger partial charge in [-0.25, -0.2) is 4.98 Å². The molecule has 1 aromatic heterocycles. The Balaban J connectivity index is 1.63. The van der Waals surface area contributed by atoms with Crippen LogP contribution >= 0.6 is 0 Å². The highest BCUT2D eigenvalue weighted by Gasteiger charge is 2.32. The van der Waals surface area contributed by atoms with E-state index in [1.54, 1.807) is 0 Å². The highest BCUT2D eigenvalue weighted by atomic mass is 16.5. The first-order valence-electron chi connectivity index (χ1n) is 8.01. The molecule has 2 aliphatic rings. The zero-order valence-corrected chi connectivity index (χ0v) is 12.9. The van der Waals surface area contributed by atoms with Gasteiger partial charge in [0.25, 0.3) is 5.91 Å². The molecular formula is C16H24N2O3. The number of amides is 1. The number of ether oxygens (including phenoxy) is 1. The Morgan fingerprint density at radius 3 is 3.05 bits per heavy atom. The number of oxazole rings is 1. The van der Waals surface area contributed by atoms with E-state index in [9.17, 15) is 4.79 Å². The molecule has 2 aliphatic heterocycles. The Morgan fingerprint density at radius 1 is 1.48 bits per heavy atom. The number of carbonyl (C=O) groups excluding carboxylic acids is 1. The Labute approximate surface area is 125 Å². The number of carbonyl (C=O) groups is 1. The fourth-order valence-corrected chi connectivity index (χ4v) is 2.94. The molecule has 116 valence electrons. The van der Waals surface area contributed by atoms with E-state index in [2.05, 4.69) is 18.8 Å². The van der Waals surface area contributed by atoms with Gasteiger partial charge in [0.15, 0.2) is 5.89 Å². The van der Waals surface area contributed by atoms with Crippen molar-refractivity contribution in [1.82, 2.24) is 9.88 Å². The van der Waals surface area contributed by atoms with Crippen LogP contribution in [0.4, 0.5) is 0 Å². The van der Waals surface area contributed by atoms with Gasteiger partial charge < -0.3 is 14.1 Å². The molecule has 5 nitrogen and oxygen atoms in total. The minimum Gasteiger partial charge on any atom is -0.445 e. The Morgan fingerprint density at radius 2 is 2.33 bits per heavy atom. The van der Waals surface area contributed by atoms with Crippen molar-refractivity contribution in [3.8, 4) is 0 Å². The van der Waals surface area contributed by atoms with Gasteiger partial charge in [-0.1, -0.05) is 13.8 Å². The van der Waals surface area contributed by atoms with Gasteiger partial charge in [-0.3, -0.25) is 4.79 Å².